The van der Waals surface area contributed by atoms with Gasteiger partial charge < -0.3 is 19.3 Å². The van der Waals surface area contributed by atoms with Gasteiger partial charge in [0.15, 0.2) is 0 Å². The Morgan fingerprint density at radius 3 is 2.44 bits per heavy atom. The van der Waals surface area contributed by atoms with Crippen molar-refractivity contribution < 1.29 is 19.3 Å². The maximum atomic E-state index is 9.26. The summed E-state index contributed by atoms with van der Waals surface area (Å²) in [4.78, 5) is 0. The van der Waals surface area contributed by atoms with Gasteiger partial charge in [-0.15, -0.1) is 0 Å². The van der Waals surface area contributed by atoms with E-state index in [9.17, 15) is 5.11 Å². The molecule has 0 aliphatic rings. The molecule has 1 rings (SSSR count). The van der Waals surface area contributed by atoms with Crippen LogP contribution in [0.15, 0.2) is 18.2 Å². The molecule has 102 valence electrons. The van der Waals surface area contributed by atoms with Gasteiger partial charge in [-0.25, -0.2) is 0 Å². The third-order valence-electron chi connectivity index (χ3n) is 2.31. The lowest BCUT2D eigenvalue weighted by Gasteiger charge is -2.20. The minimum absolute atomic E-state index is 0.0767. The van der Waals surface area contributed by atoms with Crippen LogP contribution in [-0.4, -0.2) is 31.0 Å². The first kappa shape index (κ1) is 14.8. The molecule has 1 aromatic rings. The van der Waals surface area contributed by atoms with Crippen molar-refractivity contribution in [2.75, 3.05) is 20.3 Å². The summed E-state index contributed by atoms with van der Waals surface area (Å²) < 4.78 is 16.2. The van der Waals surface area contributed by atoms with Crippen molar-refractivity contribution in [2.24, 2.45) is 0 Å². The van der Waals surface area contributed by atoms with Crippen LogP contribution in [0.25, 0.3) is 0 Å². The fraction of sp³-hybridized carbons (Fsp3) is 0.571. The third kappa shape index (κ3) is 4.94. The molecule has 0 fully saturated rings. The number of aliphatic hydroxyl groups excluding tert-OH is 1. The van der Waals surface area contributed by atoms with Crippen LogP contribution >= 0.6 is 0 Å². The molecule has 0 radical (unpaired) electrons. The summed E-state index contributed by atoms with van der Waals surface area (Å²) in [7, 11) is 1.59. The Balaban J connectivity index is 2.51. The molecule has 1 N–H and O–H groups in total. The maximum absolute atomic E-state index is 9.26. The van der Waals surface area contributed by atoms with Crippen molar-refractivity contribution in [2.45, 2.75) is 33.0 Å². The van der Waals surface area contributed by atoms with Crippen LogP contribution in [0.4, 0.5) is 0 Å². The summed E-state index contributed by atoms with van der Waals surface area (Å²) in [6.45, 7) is 6.89. The van der Waals surface area contributed by atoms with E-state index in [1.54, 1.807) is 25.3 Å². The molecule has 4 heteroatoms. The van der Waals surface area contributed by atoms with Crippen LogP contribution in [0.1, 0.15) is 26.3 Å². The Morgan fingerprint density at radius 2 is 1.89 bits per heavy atom. The molecule has 0 saturated carbocycles. The van der Waals surface area contributed by atoms with E-state index in [2.05, 4.69) is 0 Å². The van der Waals surface area contributed by atoms with Crippen molar-refractivity contribution in [1.82, 2.24) is 0 Å². The van der Waals surface area contributed by atoms with Gasteiger partial charge in [-0.2, -0.15) is 0 Å². The Hall–Kier alpha value is -1.26. The van der Waals surface area contributed by atoms with Gasteiger partial charge in [-0.3, -0.25) is 0 Å². The highest BCUT2D eigenvalue weighted by Gasteiger charge is 2.10. The van der Waals surface area contributed by atoms with E-state index < -0.39 is 0 Å². The van der Waals surface area contributed by atoms with Gasteiger partial charge in [0.2, 0.25) is 0 Å². The van der Waals surface area contributed by atoms with E-state index in [4.69, 9.17) is 14.2 Å². The number of rotatable bonds is 6. The number of methoxy groups -OCH3 is 1. The molecule has 0 aliphatic carbocycles. The number of ether oxygens (including phenoxy) is 3. The first-order valence-electron chi connectivity index (χ1n) is 6.01. The molecule has 0 aliphatic heterocycles. The predicted molar refractivity (Wildman–Crippen MR) is 70.1 cm³/mol. The van der Waals surface area contributed by atoms with E-state index in [-0.39, 0.29) is 12.2 Å². The maximum Gasteiger partial charge on any atom is 0.125 e. The summed E-state index contributed by atoms with van der Waals surface area (Å²) in [6, 6.07) is 5.36. The van der Waals surface area contributed by atoms with Gasteiger partial charge in [-0.1, -0.05) is 0 Å². The average molecular weight is 254 g/mol. The van der Waals surface area contributed by atoms with Crippen molar-refractivity contribution in [3.8, 4) is 11.5 Å². The predicted octanol–water partition coefficient (Wildman–Crippen LogP) is 2.38. The van der Waals surface area contributed by atoms with E-state index in [1.165, 1.54) is 0 Å². The average Bonchev–Trinajstić information content (AvgIpc) is 2.33. The standard InChI is InChI=1S/C14H22O4/c1-14(2,3)18-8-7-17-13-6-5-12(16-4)9-11(13)10-15/h5-6,9,15H,7-8,10H2,1-4H3. The van der Waals surface area contributed by atoms with E-state index >= 15 is 0 Å². The van der Waals surface area contributed by atoms with Gasteiger partial charge in [-0.05, 0) is 39.0 Å². The van der Waals surface area contributed by atoms with Crippen LogP contribution in [-0.2, 0) is 11.3 Å². The largest absolute Gasteiger partial charge is 0.497 e. The number of hydrogen-bond acceptors (Lipinski definition) is 4. The minimum atomic E-state index is -0.164. The molecular weight excluding hydrogens is 232 g/mol. The number of hydrogen-bond donors (Lipinski definition) is 1. The van der Waals surface area contributed by atoms with Gasteiger partial charge >= 0.3 is 0 Å². The Morgan fingerprint density at radius 1 is 1.17 bits per heavy atom. The highest BCUT2D eigenvalue weighted by atomic mass is 16.5. The summed E-state index contributed by atoms with van der Waals surface area (Å²) in [5.41, 5.74) is 0.549. The van der Waals surface area contributed by atoms with Crippen LogP contribution in [0.5, 0.6) is 11.5 Å². The second kappa shape index (κ2) is 6.61. The van der Waals surface area contributed by atoms with Crippen LogP contribution in [0.2, 0.25) is 0 Å². The Kier molecular flexibility index (Phi) is 5.44. The monoisotopic (exact) mass is 254 g/mol. The summed E-state index contributed by atoms with van der Waals surface area (Å²) >= 11 is 0. The van der Waals surface area contributed by atoms with E-state index in [0.29, 0.717) is 30.3 Å². The molecule has 0 bridgehead atoms. The molecular formula is C14H22O4. The molecule has 0 unspecified atom stereocenters. The number of aliphatic hydroxyl groups is 1. The highest BCUT2D eigenvalue weighted by molar-refractivity contribution is 5.39. The Bertz CT molecular complexity index is 369. The van der Waals surface area contributed by atoms with Crippen LogP contribution in [0.3, 0.4) is 0 Å². The molecule has 4 nitrogen and oxygen atoms in total. The van der Waals surface area contributed by atoms with E-state index in [0.717, 1.165) is 0 Å². The zero-order valence-electron chi connectivity index (χ0n) is 11.5. The van der Waals surface area contributed by atoms with E-state index in [1.807, 2.05) is 20.8 Å². The number of benzene rings is 1. The zero-order valence-corrected chi connectivity index (χ0v) is 11.5. The van der Waals surface area contributed by atoms with Gasteiger partial charge in [0.1, 0.15) is 18.1 Å². The SMILES string of the molecule is COc1ccc(OCCOC(C)(C)C)c(CO)c1. The molecule has 1 aromatic carbocycles. The quantitative estimate of drug-likeness (QED) is 0.792. The second-order valence-corrected chi connectivity index (χ2v) is 4.94. The summed E-state index contributed by atoms with van der Waals surface area (Å²) in [6.07, 6.45) is 0. The second-order valence-electron chi connectivity index (χ2n) is 4.94. The fourth-order valence-corrected chi connectivity index (χ4v) is 1.45. The van der Waals surface area contributed by atoms with Crippen molar-refractivity contribution in [3.63, 3.8) is 0 Å². The van der Waals surface area contributed by atoms with Crippen LogP contribution in [0, 0.1) is 0 Å². The minimum Gasteiger partial charge on any atom is -0.497 e. The topological polar surface area (TPSA) is 47.9 Å². The molecule has 0 atom stereocenters. The normalized spacial score (nSPS) is 11.4. The Labute approximate surface area is 108 Å². The molecule has 0 spiro atoms. The molecule has 0 heterocycles. The smallest absolute Gasteiger partial charge is 0.125 e. The first-order valence-corrected chi connectivity index (χ1v) is 6.01. The highest BCUT2D eigenvalue weighted by Crippen LogP contribution is 2.24. The van der Waals surface area contributed by atoms with Crippen molar-refractivity contribution >= 4 is 0 Å². The van der Waals surface area contributed by atoms with Crippen molar-refractivity contribution in [3.05, 3.63) is 23.8 Å². The van der Waals surface area contributed by atoms with Gasteiger partial charge in [0.05, 0.1) is 25.9 Å². The zero-order chi connectivity index (χ0) is 13.6. The summed E-state index contributed by atoms with van der Waals surface area (Å²) in [5.74, 6) is 1.37. The third-order valence-corrected chi connectivity index (χ3v) is 2.31. The lowest BCUT2D eigenvalue weighted by Crippen LogP contribution is -2.22. The lowest BCUT2D eigenvalue weighted by molar-refractivity contribution is -0.0165. The fourth-order valence-electron chi connectivity index (χ4n) is 1.45. The van der Waals surface area contributed by atoms with Crippen LogP contribution < -0.4 is 9.47 Å². The van der Waals surface area contributed by atoms with Crippen molar-refractivity contribution in [1.29, 1.82) is 0 Å². The summed E-state index contributed by atoms with van der Waals surface area (Å²) in [5, 5.41) is 9.26. The first-order chi connectivity index (χ1) is 8.46. The molecule has 0 amide bonds. The van der Waals surface area contributed by atoms with Gasteiger partial charge in [0.25, 0.3) is 0 Å². The molecule has 18 heavy (non-hydrogen) atoms. The molecule has 0 saturated heterocycles. The van der Waals surface area contributed by atoms with Gasteiger partial charge in [0, 0.05) is 5.56 Å². The molecule has 0 aromatic heterocycles. The lowest BCUT2D eigenvalue weighted by atomic mass is 10.2.